The Labute approximate surface area is 96.7 Å². The lowest BCUT2D eigenvalue weighted by Crippen LogP contribution is -2.41. The minimum absolute atomic E-state index is 0.100. The minimum atomic E-state index is 0.100. The van der Waals surface area contributed by atoms with E-state index in [2.05, 4.69) is 10.3 Å². The highest BCUT2D eigenvalue weighted by molar-refractivity contribution is 5.78. The van der Waals surface area contributed by atoms with Crippen molar-refractivity contribution in [2.75, 3.05) is 13.6 Å². The molecule has 0 aromatic carbocycles. The van der Waals surface area contributed by atoms with Gasteiger partial charge in [-0.15, -0.1) is 0 Å². The van der Waals surface area contributed by atoms with Gasteiger partial charge in [-0.05, 0) is 33.0 Å². The van der Waals surface area contributed by atoms with Gasteiger partial charge in [0.1, 0.15) is 0 Å². The highest BCUT2D eigenvalue weighted by Gasteiger charge is 2.16. The maximum atomic E-state index is 11.8. The zero-order valence-corrected chi connectivity index (χ0v) is 10.1. The summed E-state index contributed by atoms with van der Waals surface area (Å²) in [5.41, 5.74) is 0.917. The van der Waals surface area contributed by atoms with Crippen molar-refractivity contribution in [2.45, 2.75) is 26.4 Å². The third kappa shape index (κ3) is 3.62. The van der Waals surface area contributed by atoms with E-state index < -0.39 is 0 Å². The molecule has 0 aliphatic carbocycles. The summed E-state index contributed by atoms with van der Waals surface area (Å²) < 4.78 is 0. The molecule has 0 saturated carbocycles. The standard InChI is InChI=1S/C12H19N3O/c1-10(2)15(12(16)8-13-3)9-11-6-4-5-7-14-11/h4-7,10,13H,8-9H2,1-3H3. The lowest BCUT2D eigenvalue weighted by molar-refractivity contribution is -0.132. The molecule has 4 nitrogen and oxygen atoms in total. The van der Waals surface area contributed by atoms with Gasteiger partial charge in [0, 0.05) is 12.2 Å². The molecule has 1 aromatic heterocycles. The average molecular weight is 221 g/mol. The third-order valence-electron chi connectivity index (χ3n) is 2.33. The van der Waals surface area contributed by atoms with Crippen molar-refractivity contribution in [1.82, 2.24) is 15.2 Å². The van der Waals surface area contributed by atoms with Crippen LogP contribution in [-0.2, 0) is 11.3 Å². The number of carbonyl (C=O) groups excluding carboxylic acids is 1. The van der Waals surface area contributed by atoms with E-state index in [1.54, 1.807) is 13.2 Å². The Morgan fingerprint density at radius 1 is 1.50 bits per heavy atom. The summed E-state index contributed by atoms with van der Waals surface area (Å²) in [6, 6.07) is 5.92. The van der Waals surface area contributed by atoms with Gasteiger partial charge in [-0.25, -0.2) is 0 Å². The number of aromatic nitrogens is 1. The normalized spacial score (nSPS) is 10.5. The summed E-state index contributed by atoms with van der Waals surface area (Å²) >= 11 is 0. The van der Waals surface area contributed by atoms with Crippen LogP contribution in [0.15, 0.2) is 24.4 Å². The molecule has 16 heavy (non-hydrogen) atoms. The summed E-state index contributed by atoms with van der Waals surface area (Å²) in [4.78, 5) is 17.9. The lowest BCUT2D eigenvalue weighted by atomic mass is 10.2. The Hall–Kier alpha value is -1.42. The van der Waals surface area contributed by atoms with Crippen LogP contribution in [0.3, 0.4) is 0 Å². The molecule has 1 amide bonds. The Bertz CT molecular complexity index is 324. The number of amides is 1. The van der Waals surface area contributed by atoms with Crippen molar-refractivity contribution < 1.29 is 4.79 Å². The third-order valence-corrected chi connectivity index (χ3v) is 2.33. The Kier molecular flexibility index (Phi) is 4.92. The van der Waals surface area contributed by atoms with Crippen molar-refractivity contribution in [1.29, 1.82) is 0 Å². The number of carbonyl (C=O) groups is 1. The predicted octanol–water partition coefficient (Wildman–Crippen LogP) is 1.04. The highest BCUT2D eigenvalue weighted by atomic mass is 16.2. The maximum absolute atomic E-state index is 11.8. The van der Waals surface area contributed by atoms with Crippen LogP contribution < -0.4 is 5.32 Å². The number of nitrogens with zero attached hydrogens (tertiary/aromatic N) is 2. The quantitative estimate of drug-likeness (QED) is 0.808. The Morgan fingerprint density at radius 2 is 2.25 bits per heavy atom. The van der Waals surface area contributed by atoms with Crippen LogP contribution in [0.25, 0.3) is 0 Å². The molecule has 1 heterocycles. The molecule has 88 valence electrons. The van der Waals surface area contributed by atoms with E-state index in [0.717, 1.165) is 5.69 Å². The van der Waals surface area contributed by atoms with Crippen LogP contribution in [0.1, 0.15) is 19.5 Å². The summed E-state index contributed by atoms with van der Waals surface area (Å²) in [6.45, 7) is 4.96. The number of hydrogen-bond donors (Lipinski definition) is 1. The second-order valence-electron chi connectivity index (χ2n) is 3.97. The first-order valence-electron chi connectivity index (χ1n) is 5.49. The van der Waals surface area contributed by atoms with Crippen LogP contribution in [0, 0.1) is 0 Å². The molecule has 1 N–H and O–H groups in total. The number of likely N-dealkylation sites (N-methyl/N-ethyl adjacent to an activating group) is 1. The minimum Gasteiger partial charge on any atom is -0.333 e. The Balaban J connectivity index is 2.69. The lowest BCUT2D eigenvalue weighted by Gasteiger charge is -2.26. The van der Waals surface area contributed by atoms with Gasteiger partial charge in [-0.3, -0.25) is 9.78 Å². The van der Waals surface area contributed by atoms with Gasteiger partial charge < -0.3 is 10.2 Å². The fourth-order valence-corrected chi connectivity index (χ4v) is 1.48. The smallest absolute Gasteiger partial charge is 0.237 e. The van der Waals surface area contributed by atoms with E-state index in [9.17, 15) is 4.79 Å². The van der Waals surface area contributed by atoms with E-state index in [1.165, 1.54) is 0 Å². The van der Waals surface area contributed by atoms with Crippen LogP contribution in [0.5, 0.6) is 0 Å². The van der Waals surface area contributed by atoms with E-state index in [0.29, 0.717) is 13.1 Å². The van der Waals surface area contributed by atoms with Gasteiger partial charge in [-0.2, -0.15) is 0 Å². The highest BCUT2D eigenvalue weighted by Crippen LogP contribution is 2.05. The summed E-state index contributed by atoms with van der Waals surface area (Å²) in [6.07, 6.45) is 1.75. The van der Waals surface area contributed by atoms with Gasteiger partial charge >= 0.3 is 0 Å². The SMILES string of the molecule is CNCC(=O)N(Cc1ccccn1)C(C)C. The zero-order chi connectivity index (χ0) is 12.0. The summed E-state index contributed by atoms with van der Waals surface area (Å²) in [5.74, 6) is 0.100. The number of hydrogen-bond acceptors (Lipinski definition) is 3. The number of rotatable bonds is 5. The van der Waals surface area contributed by atoms with Crippen molar-refractivity contribution in [2.24, 2.45) is 0 Å². The van der Waals surface area contributed by atoms with Crippen molar-refractivity contribution in [3.8, 4) is 0 Å². The number of pyridine rings is 1. The Morgan fingerprint density at radius 3 is 2.75 bits per heavy atom. The second-order valence-corrected chi connectivity index (χ2v) is 3.97. The molecule has 0 atom stereocenters. The molecular formula is C12H19N3O. The molecule has 0 aliphatic heterocycles. The van der Waals surface area contributed by atoms with E-state index in [4.69, 9.17) is 0 Å². The first-order valence-corrected chi connectivity index (χ1v) is 5.49. The molecule has 1 aromatic rings. The topological polar surface area (TPSA) is 45.2 Å². The number of nitrogens with one attached hydrogen (secondary N) is 1. The summed E-state index contributed by atoms with van der Waals surface area (Å²) in [5, 5.41) is 2.88. The molecule has 0 unspecified atom stereocenters. The van der Waals surface area contributed by atoms with Crippen LogP contribution in [0.2, 0.25) is 0 Å². The first kappa shape index (κ1) is 12.6. The largest absolute Gasteiger partial charge is 0.333 e. The van der Waals surface area contributed by atoms with Crippen LogP contribution in [-0.4, -0.2) is 35.4 Å². The van der Waals surface area contributed by atoms with Crippen LogP contribution in [0.4, 0.5) is 0 Å². The molecule has 0 aliphatic rings. The van der Waals surface area contributed by atoms with Gasteiger partial charge in [0.05, 0.1) is 18.8 Å². The summed E-state index contributed by atoms with van der Waals surface area (Å²) in [7, 11) is 1.77. The van der Waals surface area contributed by atoms with E-state index in [1.807, 2.05) is 36.9 Å². The fourth-order valence-electron chi connectivity index (χ4n) is 1.48. The molecule has 0 spiro atoms. The van der Waals surface area contributed by atoms with Crippen molar-refractivity contribution in [3.05, 3.63) is 30.1 Å². The van der Waals surface area contributed by atoms with Crippen molar-refractivity contribution >= 4 is 5.91 Å². The average Bonchev–Trinajstić information content (AvgIpc) is 2.27. The monoisotopic (exact) mass is 221 g/mol. The molecule has 0 radical (unpaired) electrons. The van der Waals surface area contributed by atoms with E-state index >= 15 is 0 Å². The van der Waals surface area contributed by atoms with Crippen molar-refractivity contribution in [3.63, 3.8) is 0 Å². The van der Waals surface area contributed by atoms with E-state index in [-0.39, 0.29) is 11.9 Å². The van der Waals surface area contributed by atoms with Gasteiger partial charge in [0.15, 0.2) is 0 Å². The van der Waals surface area contributed by atoms with Gasteiger partial charge in [0.25, 0.3) is 0 Å². The zero-order valence-electron chi connectivity index (χ0n) is 10.1. The predicted molar refractivity (Wildman–Crippen MR) is 63.8 cm³/mol. The van der Waals surface area contributed by atoms with Crippen LogP contribution >= 0.6 is 0 Å². The fraction of sp³-hybridized carbons (Fsp3) is 0.500. The molecular weight excluding hydrogens is 202 g/mol. The molecule has 0 bridgehead atoms. The first-order chi connectivity index (χ1) is 7.65. The second kappa shape index (κ2) is 6.23. The van der Waals surface area contributed by atoms with Gasteiger partial charge in [0.2, 0.25) is 5.91 Å². The maximum Gasteiger partial charge on any atom is 0.237 e. The molecule has 0 fully saturated rings. The molecule has 0 saturated heterocycles. The molecule has 1 rings (SSSR count). The molecule has 4 heteroatoms. The van der Waals surface area contributed by atoms with Gasteiger partial charge in [-0.1, -0.05) is 6.07 Å².